The third-order valence-corrected chi connectivity index (χ3v) is 4.13. The molecule has 0 bridgehead atoms. The maximum Gasteiger partial charge on any atom is 0.143 e. The van der Waals surface area contributed by atoms with Crippen LogP contribution in [0.1, 0.15) is 32.6 Å². The van der Waals surface area contributed by atoms with E-state index < -0.39 is 0 Å². The molecule has 0 amide bonds. The molecule has 2 unspecified atom stereocenters. The minimum Gasteiger partial charge on any atom is -0.383 e. The Morgan fingerprint density at radius 3 is 3.00 bits per heavy atom. The van der Waals surface area contributed by atoms with E-state index in [1.165, 1.54) is 25.7 Å². The van der Waals surface area contributed by atoms with Gasteiger partial charge in [-0.25, -0.2) is 0 Å². The highest BCUT2D eigenvalue weighted by atomic mass is 15.5. The van der Waals surface area contributed by atoms with Crippen LogP contribution < -0.4 is 5.32 Å². The second-order valence-electron chi connectivity index (χ2n) is 5.79. The summed E-state index contributed by atoms with van der Waals surface area (Å²) >= 11 is 0. The van der Waals surface area contributed by atoms with Gasteiger partial charge in [-0.2, -0.15) is 4.68 Å². The monoisotopic (exact) mass is 271 g/mol. The van der Waals surface area contributed by atoms with Gasteiger partial charge in [0.2, 0.25) is 0 Å². The van der Waals surface area contributed by atoms with Gasteiger partial charge in [0.1, 0.15) is 6.33 Å². The van der Waals surface area contributed by atoms with Crippen molar-refractivity contribution in [3.05, 3.63) is 30.6 Å². The van der Waals surface area contributed by atoms with Gasteiger partial charge in [0, 0.05) is 6.54 Å². The molecule has 1 aliphatic rings. The minimum atomic E-state index is 0.778. The maximum atomic E-state index is 3.97. The molecule has 0 saturated heterocycles. The van der Waals surface area contributed by atoms with Crippen LogP contribution in [0.4, 0.5) is 5.69 Å². The van der Waals surface area contributed by atoms with Gasteiger partial charge in [0.25, 0.3) is 0 Å². The molecule has 1 fully saturated rings. The van der Waals surface area contributed by atoms with Gasteiger partial charge in [-0.05, 0) is 47.2 Å². The molecule has 0 radical (unpaired) electrons. The fraction of sp³-hybridized carbons (Fsp3) is 0.533. The van der Waals surface area contributed by atoms with Gasteiger partial charge in [0.15, 0.2) is 0 Å². The van der Waals surface area contributed by atoms with Crippen LogP contribution in [-0.2, 0) is 0 Å². The standard InChI is InChI=1S/C15H21N5/c1-12-5-4-6-13(9-12)10-16-14-7-2-3-8-15(14)20-11-17-18-19-20/h2-3,7-8,11-13,16H,4-6,9-10H2,1H3. The normalized spacial score (nSPS) is 22.6. The molecule has 0 spiro atoms. The first kappa shape index (κ1) is 13.1. The molecule has 5 nitrogen and oxygen atoms in total. The quantitative estimate of drug-likeness (QED) is 0.929. The summed E-state index contributed by atoms with van der Waals surface area (Å²) in [6, 6.07) is 8.16. The van der Waals surface area contributed by atoms with Crippen LogP contribution in [-0.4, -0.2) is 26.8 Å². The van der Waals surface area contributed by atoms with Gasteiger partial charge in [-0.3, -0.25) is 0 Å². The summed E-state index contributed by atoms with van der Waals surface area (Å²) in [6.07, 6.45) is 7.05. The van der Waals surface area contributed by atoms with E-state index in [0.717, 1.165) is 29.8 Å². The van der Waals surface area contributed by atoms with Crippen LogP contribution >= 0.6 is 0 Å². The molecule has 5 heteroatoms. The van der Waals surface area contributed by atoms with Gasteiger partial charge in [0.05, 0.1) is 11.4 Å². The molecule has 1 aromatic heterocycles. The summed E-state index contributed by atoms with van der Waals surface area (Å²) in [5, 5.41) is 15.0. The molecule has 3 rings (SSSR count). The van der Waals surface area contributed by atoms with Gasteiger partial charge in [-0.1, -0.05) is 31.9 Å². The molecule has 1 N–H and O–H groups in total. The van der Waals surface area contributed by atoms with Crippen molar-refractivity contribution in [2.45, 2.75) is 32.6 Å². The largest absolute Gasteiger partial charge is 0.383 e. The first-order valence-corrected chi connectivity index (χ1v) is 7.39. The van der Waals surface area contributed by atoms with E-state index in [2.05, 4.69) is 33.8 Å². The molecular formula is C15H21N5. The van der Waals surface area contributed by atoms with Gasteiger partial charge >= 0.3 is 0 Å². The smallest absolute Gasteiger partial charge is 0.143 e. The Balaban J connectivity index is 1.68. The summed E-state index contributed by atoms with van der Waals surface area (Å²) in [5.41, 5.74) is 2.10. The Labute approximate surface area is 119 Å². The van der Waals surface area contributed by atoms with E-state index in [1.807, 2.05) is 18.2 Å². The number of nitrogens with one attached hydrogen (secondary N) is 1. The Kier molecular flexibility index (Phi) is 3.95. The molecule has 1 saturated carbocycles. The zero-order valence-electron chi connectivity index (χ0n) is 11.9. The number of aromatic nitrogens is 4. The van der Waals surface area contributed by atoms with E-state index in [0.29, 0.717) is 0 Å². The lowest BCUT2D eigenvalue weighted by molar-refractivity contribution is 0.293. The van der Waals surface area contributed by atoms with Crippen molar-refractivity contribution in [1.82, 2.24) is 20.2 Å². The molecule has 2 atom stereocenters. The second kappa shape index (κ2) is 6.03. The van der Waals surface area contributed by atoms with E-state index in [4.69, 9.17) is 0 Å². The maximum absolute atomic E-state index is 3.97. The van der Waals surface area contributed by atoms with Crippen molar-refractivity contribution in [2.75, 3.05) is 11.9 Å². The highest BCUT2D eigenvalue weighted by Crippen LogP contribution is 2.29. The van der Waals surface area contributed by atoms with Crippen LogP contribution in [0.2, 0.25) is 0 Å². The van der Waals surface area contributed by atoms with Crippen molar-refractivity contribution in [3.63, 3.8) is 0 Å². The summed E-state index contributed by atoms with van der Waals surface area (Å²) in [7, 11) is 0. The summed E-state index contributed by atoms with van der Waals surface area (Å²) in [4.78, 5) is 0. The van der Waals surface area contributed by atoms with Crippen molar-refractivity contribution >= 4 is 5.69 Å². The average Bonchev–Trinajstić information content (AvgIpc) is 3.00. The van der Waals surface area contributed by atoms with Crippen molar-refractivity contribution in [3.8, 4) is 5.69 Å². The third-order valence-electron chi connectivity index (χ3n) is 4.13. The summed E-state index contributed by atoms with van der Waals surface area (Å²) < 4.78 is 1.70. The van der Waals surface area contributed by atoms with Crippen molar-refractivity contribution < 1.29 is 0 Å². The predicted octanol–water partition coefficient (Wildman–Crippen LogP) is 2.90. The Bertz CT molecular complexity index is 537. The number of hydrogen-bond acceptors (Lipinski definition) is 4. The van der Waals surface area contributed by atoms with Crippen LogP contribution in [0, 0.1) is 11.8 Å². The number of hydrogen-bond donors (Lipinski definition) is 1. The number of nitrogens with zero attached hydrogens (tertiary/aromatic N) is 4. The number of benzene rings is 1. The van der Waals surface area contributed by atoms with Crippen LogP contribution in [0.3, 0.4) is 0 Å². The Hall–Kier alpha value is -1.91. The van der Waals surface area contributed by atoms with Crippen molar-refractivity contribution in [1.29, 1.82) is 0 Å². The third kappa shape index (κ3) is 2.98. The number of tetrazole rings is 1. The molecule has 1 heterocycles. The van der Waals surface area contributed by atoms with E-state index >= 15 is 0 Å². The minimum absolute atomic E-state index is 0.778. The second-order valence-corrected chi connectivity index (χ2v) is 5.79. The Morgan fingerprint density at radius 1 is 1.30 bits per heavy atom. The average molecular weight is 271 g/mol. The van der Waals surface area contributed by atoms with E-state index in [9.17, 15) is 0 Å². The molecular weight excluding hydrogens is 250 g/mol. The van der Waals surface area contributed by atoms with Crippen LogP contribution in [0.5, 0.6) is 0 Å². The molecule has 1 aromatic carbocycles. The SMILES string of the molecule is CC1CCCC(CNc2ccccc2-n2cnnn2)C1. The lowest BCUT2D eigenvalue weighted by atomic mass is 9.82. The molecule has 106 valence electrons. The molecule has 1 aliphatic carbocycles. The lowest BCUT2D eigenvalue weighted by Gasteiger charge is -2.27. The van der Waals surface area contributed by atoms with Crippen molar-refractivity contribution in [2.24, 2.45) is 11.8 Å². The van der Waals surface area contributed by atoms with Gasteiger partial charge in [-0.15, -0.1) is 5.10 Å². The first-order valence-electron chi connectivity index (χ1n) is 7.39. The number of rotatable bonds is 4. The molecule has 20 heavy (non-hydrogen) atoms. The zero-order chi connectivity index (χ0) is 13.8. The lowest BCUT2D eigenvalue weighted by Crippen LogP contribution is -2.21. The molecule has 2 aromatic rings. The summed E-state index contributed by atoms with van der Waals surface area (Å²) in [5.74, 6) is 1.64. The van der Waals surface area contributed by atoms with Crippen LogP contribution in [0.25, 0.3) is 5.69 Å². The topological polar surface area (TPSA) is 55.6 Å². The fourth-order valence-electron chi connectivity index (χ4n) is 3.09. The zero-order valence-corrected chi connectivity index (χ0v) is 11.9. The molecule has 0 aliphatic heterocycles. The number of anilines is 1. The highest BCUT2D eigenvalue weighted by molar-refractivity contribution is 5.60. The first-order chi connectivity index (χ1) is 9.83. The fourth-order valence-corrected chi connectivity index (χ4v) is 3.09. The van der Waals surface area contributed by atoms with Gasteiger partial charge < -0.3 is 5.32 Å². The number of para-hydroxylation sites is 2. The summed E-state index contributed by atoms with van der Waals surface area (Å²) in [6.45, 7) is 3.39. The van der Waals surface area contributed by atoms with Crippen LogP contribution in [0.15, 0.2) is 30.6 Å². The Morgan fingerprint density at radius 2 is 2.20 bits per heavy atom. The van der Waals surface area contributed by atoms with E-state index in [-0.39, 0.29) is 0 Å². The predicted molar refractivity (Wildman–Crippen MR) is 78.8 cm³/mol. The highest BCUT2D eigenvalue weighted by Gasteiger charge is 2.18. The van der Waals surface area contributed by atoms with E-state index in [1.54, 1.807) is 11.0 Å².